The van der Waals surface area contributed by atoms with Crippen LogP contribution in [0.2, 0.25) is 0 Å². The third kappa shape index (κ3) is 4.71. The van der Waals surface area contributed by atoms with E-state index in [1.54, 1.807) is 0 Å². The zero-order valence-corrected chi connectivity index (χ0v) is 18.1. The number of carbonyl (C=O) groups is 3. The van der Waals surface area contributed by atoms with E-state index in [-0.39, 0.29) is 29.8 Å². The molecule has 9 heteroatoms. The van der Waals surface area contributed by atoms with Crippen molar-refractivity contribution in [3.63, 3.8) is 0 Å². The Hall–Kier alpha value is -4.16. The largest absolute Gasteiger partial charge is 0.480 e. The van der Waals surface area contributed by atoms with Crippen LogP contribution >= 0.6 is 11.3 Å². The van der Waals surface area contributed by atoms with Gasteiger partial charge in [-0.15, -0.1) is 23.7 Å². The molecular weight excluding hydrogens is 442 g/mol. The molecular formula is C24H19N3O5S. The Kier molecular flexibility index (Phi) is 6.38. The van der Waals surface area contributed by atoms with Crippen molar-refractivity contribution < 1.29 is 24.2 Å². The Balaban J connectivity index is 1.37. The average molecular weight is 461 g/mol. The highest BCUT2D eigenvalue weighted by Crippen LogP contribution is 2.44. The average Bonchev–Trinajstić information content (AvgIpc) is 3.40. The summed E-state index contributed by atoms with van der Waals surface area (Å²) in [6.45, 7) is 0.144. The summed E-state index contributed by atoms with van der Waals surface area (Å²) in [4.78, 5) is 39.7. The summed E-state index contributed by atoms with van der Waals surface area (Å²) in [6.07, 6.45) is 4.27. The van der Waals surface area contributed by atoms with Gasteiger partial charge in [0, 0.05) is 17.7 Å². The summed E-state index contributed by atoms with van der Waals surface area (Å²) in [7, 11) is 0. The van der Waals surface area contributed by atoms with Crippen molar-refractivity contribution in [3.8, 4) is 23.5 Å². The molecule has 0 saturated heterocycles. The van der Waals surface area contributed by atoms with E-state index in [2.05, 4.69) is 33.7 Å². The number of aromatic nitrogens is 1. The van der Waals surface area contributed by atoms with E-state index >= 15 is 0 Å². The second-order valence-electron chi connectivity index (χ2n) is 7.26. The Labute approximate surface area is 193 Å². The van der Waals surface area contributed by atoms with E-state index in [4.69, 9.17) is 16.3 Å². The lowest BCUT2D eigenvalue weighted by atomic mass is 9.98. The number of nitrogens with zero attached hydrogens (tertiary/aromatic N) is 1. The first kappa shape index (κ1) is 22.0. The van der Waals surface area contributed by atoms with Crippen LogP contribution in [0.1, 0.15) is 34.0 Å². The van der Waals surface area contributed by atoms with E-state index < -0.39 is 24.0 Å². The van der Waals surface area contributed by atoms with Crippen molar-refractivity contribution >= 4 is 34.4 Å². The fourth-order valence-corrected chi connectivity index (χ4v) is 4.38. The predicted octanol–water partition coefficient (Wildman–Crippen LogP) is 3.71. The van der Waals surface area contributed by atoms with Crippen LogP contribution in [0.25, 0.3) is 11.1 Å². The highest BCUT2D eigenvalue weighted by molar-refractivity contribution is 7.14. The van der Waals surface area contributed by atoms with Crippen LogP contribution in [0.3, 0.4) is 0 Å². The molecule has 8 nitrogen and oxygen atoms in total. The number of rotatable bonds is 7. The summed E-state index contributed by atoms with van der Waals surface area (Å²) in [6, 6.07) is 14.8. The van der Waals surface area contributed by atoms with E-state index in [1.807, 2.05) is 36.4 Å². The minimum Gasteiger partial charge on any atom is -0.480 e. The van der Waals surface area contributed by atoms with Gasteiger partial charge in [0.1, 0.15) is 18.3 Å². The van der Waals surface area contributed by atoms with Crippen LogP contribution in [0, 0.1) is 12.3 Å². The number of benzene rings is 2. The first-order valence-corrected chi connectivity index (χ1v) is 10.9. The number of ether oxygens (including phenoxy) is 1. The summed E-state index contributed by atoms with van der Waals surface area (Å²) in [5, 5.41) is 15.5. The molecule has 1 aliphatic carbocycles. The fourth-order valence-electron chi connectivity index (χ4n) is 3.71. The molecule has 0 aliphatic heterocycles. The van der Waals surface area contributed by atoms with E-state index in [9.17, 15) is 14.4 Å². The molecule has 1 heterocycles. The van der Waals surface area contributed by atoms with Crippen molar-refractivity contribution in [3.05, 3.63) is 70.7 Å². The first-order valence-electron chi connectivity index (χ1n) is 10.0. The fraction of sp³-hybridized carbons (Fsp3) is 0.167. The molecule has 4 rings (SSSR count). The maximum Gasteiger partial charge on any atom is 0.413 e. The standard InChI is InChI=1S/C24H19N3O5S/c1-2-7-19(22(29)30)25-21(28)20-13-33-23(26-20)27-24(31)32-12-18-16-10-5-3-8-14(16)15-9-4-6-11-17(15)18/h1,3-6,8-11,13,18-19H,7,12H2,(H,25,28)(H,29,30)(H,26,27,31). The van der Waals surface area contributed by atoms with Gasteiger partial charge in [-0.3, -0.25) is 10.1 Å². The number of carboxylic acid groups (broad SMARTS) is 1. The molecule has 2 amide bonds. The molecule has 1 aromatic heterocycles. The Morgan fingerprint density at radius 3 is 2.36 bits per heavy atom. The van der Waals surface area contributed by atoms with Crippen LogP contribution in [0.5, 0.6) is 0 Å². The SMILES string of the molecule is C#CCC(NC(=O)c1csc(NC(=O)OCC2c3ccccc3-c3ccccc32)n1)C(=O)O. The molecule has 0 spiro atoms. The molecule has 0 fully saturated rings. The van der Waals surface area contributed by atoms with Gasteiger partial charge in [0.05, 0.1) is 0 Å². The smallest absolute Gasteiger partial charge is 0.413 e. The summed E-state index contributed by atoms with van der Waals surface area (Å²) < 4.78 is 5.46. The molecule has 3 aromatic rings. The van der Waals surface area contributed by atoms with Crippen LogP contribution in [0.4, 0.5) is 9.93 Å². The molecule has 1 atom stereocenters. The van der Waals surface area contributed by atoms with Crippen LogP contribution < -0.4 is 10.6 Å². The number of fused-ring (bicyclic) bond motifs is 3. The normalized spacial score (nSPS) is 12.7. The molecule has 33 heavy (non-hydrogen) atoms. The number of hydrogen-bond acceptors (Lipinski definition) is 6. The zero-order chi connectivity index (χ0) is 23.4. The third-order valence-corrected chi connectivity index (χ3v) is 5.97. The van der Waals surface area contributed by atoms with E-state index in [1.165, 1.54) is 5.38 Å². The highest BCUT2D eigenvalue weighted by Gasteiger charge is 2.29. The maximum atomic E-state index is 12.4. The number of terminal acetylenes is 1. The van der Waals surface area contributed by atoms with Crippen molar-refractivity contribution in [2.75, 3.05) is 11.9 Å². The number of carboxylic acids is 1. The Morgan fingerprint density at radius 2 is 1.76 bits per heavy atom. The van der Waals surface area contributed by atoms with Gasteiger partial charge in [0.15, 0.2) is 5.13 Å². The second kappa shape index (κ2) is 9.54. The lowest BCUT2D eigenvalue weighted by molar-refractivity contribution is -0.139. The third-order valence-electron chi connectivity index (χ3n) is 5.21. The van der Waals surface area contributed by atoms with Gasteiger partial charge in [0.25, 0.3) is 5.91 Å². The summed E-state index contributed by atoms with van der Waals surface area (Å²) in [5.74, 6) is 0.180. The van der Waals surface area contributed by atoms with Gasteiger partial charge in [-0.2, -0.15) is 0 Å². The van der Waals surface area contributed by atoms with Gasteiger partial charge in [-0.05, 0) is 22.3 Å². The zero-order valence-electron chi connectivity index (χ0n) is 17.3. The molecule has 0 radical (unpaired) electrons. The molecule has 0 saturated carbocycles. The summed E-state index contributed by atoms with van der Waals surface area (Å²) in [5.41, 5.74) is 4.42. The molecule has 0 bridgehead atoms. The minimum absolute atomic E-state index is 0.0304. The molecule has 166 valence electrons. The number of aliphatic carboxylic acids is 1. The molecule has 3 N–H and O–H groups in total. The van der Waals surface area contributed by atoms with E-state index in [0.717, 1.165) is 33.6 Å². The quantitative estimate of drug-likeness (QED) is 0.462. The topological polar surface area (TPSA) is 118 Å². The monoisotopic (exact) mass is 461 g/mol. The predicted molar refractivity (Wildman–Crippen MR) is 123 cm³/mol. The molecule has 1 aliphatic rings. The van der Waals surface area contributed by atoms with Crippen LogP contribution in [-0.2, 0) is 9.53 Å². The number of thiazole rings is 1. The summed E-state index contributed by atoms with van der Waals surface area (Å²) >= 11 is 1.02. The Bertz CT molecular complexity index is 1220. The van der Waals surface area contributed by atoms with Crippen LogP contribution in [0.15, 0.2) is 53.9 Å². The second-order valence-corrected chi connectivity index (χ2v) is 8.12. The number of nitrogens with one attached hydrogen (secondary N) is 2. The van der Waals surface area contributed by atoms with Gasteiger partial charge in [-0.25, -0.2) is 14.6 Å². The molecule has 2 aromatic carbocycles. The van der Waals surface area contributed by atoms with Crippen LogP contribution in [-0.4, -0.2) is 40.7 Å². The number of anilines is 1. The van der Waals surface area contributed by atoms with Crippen molar-refractivity contribution in [1.29, 1.82) is 0 Å². The lowest BCUT2D eigenvalue weighted by Crippen LogP contribution is -2.40. The van der Waals surface area contributed by atoms with Gasteiger partial charge in [-0.1, -0.05) is 48.5 Å². The number of carbonyl (C=O) groups excluding carboxylic acids is 2. The maximum absolute atomic E-state index is 12.4. The highest BCUT2D eigenvalue weighted by atomic mass is 32.1. The van der Waals surface area contributed by atoms with E-state index in [0.29, 0.717) is 0 Å². The van der Waals surface area contributed by atoms with Crippen molar-refractivity contribution in [2.24, 2.45) is 0 Å². The van der Waals surface area contributed by atoms with Crippen molar-refractivity contribution in [1.82, 2.24) is 10.3 Å². The van der Waals surface area contributed by atoms with Gasteiger partial charge in [0.2, 0.25) is 0 Å². The van der Waals surface area contributed by atoms with Crippen molar-refractivity contribution in [2.45, 2.75) is 18.4 Å². The minimum atomic E-state index is -1.24. The van der Waals surface area contributed by atoms with Gasteiger partial charge < -0.3 is 15.2 Å². The Morgan fingerprint density at radius 1 is 1.12 bits per heavy atom. The molecule has 1 unspecified atom stereocenters. The lowest BCUT2D eigenvalue weighted by Gasteiger charge is -2.14. The first-order chi connectivity index (χ1) is 16.0. The number of hydrogen-bond donors (Lipinski definition) is 3. The number of amides is 2. The van der Waals surface area contributed by atoms with Gasteiger partial charge >= 0.3 is 12.1 Å².